The summed E-state index contributed by atoms with van der Waals surface area (Å²) in [4.78, 5) is 61.2. The first kappa shape index (κ1) is 45.4. The van der Waals surface area contributed by atoms with E-state index < -0.39 is 75.2 Å². The molecular weight excluding hydrogens is 707 g/mol. The lowest BCUT2D eigenvalue weighted by atomic mass is 10.2. The maximum atomic E-state index is 11.7. The molecule has 2 saturated heterocycles. The first-order valence-electron chi connectivity index (χ1n) is 16.6. The van der Waals surface area contributed by atoms with Crippen molar-refractivity contribution in [3.05, 3.63) is 34.4 Å². The lowest BCUT2D eigenvalue weighted by molar-refractivity contribution is -0.384. The van der Waals surface area contributed by atoms with Crippen LogP contribution < -0.4 is 4.74 Å². The van der Waals surface area contributed by atoms with Gasteiger partial charge < -0.3 is 34.6 Å². The van der Waals surface area contributed by atoms with Gasteiger partial charge in [-0.1, -0.05) is 39.3 Å². The largest absolute Gasteiger partial charge is 0.513 e. The van der Waals surface area contributed by atoms with Crippen molar-refractivity contribution in [2.45, 2.75) is 115 Å². The fraction of sp³-hybridized carbons (Fsp3) is 0.688. The van der Waals surface area contributed by atoms with Crippen LogP contribution in [0.3, 0.4) is 0 Å². The van der Waals surface area contributed by atoms with Crippen LogP contribution in [0.15, 0.2) is 24.3 Å². The Morgan fingerprint density at radius 1 is 0.843 bits per heavy atom. The average molecular weight is 762 g/mol. The summed E-state index contributed by atoms with van der Waals surface area (Å²) in [5.41, 5.74) is -0.729. The Morgan fingerprint density at radius 3 is 1.80 bits per heavy atom. The summed E-state index contributed by atoms with van der Waals surface area (Å²) in [5, 5.41) is 48.4. The highest BCUT2D eigenvalue weighted by Gasteiger charge is 2.41. The number of non-ortho nitro benzene ring substituents is 1. The third-order valence-corrected chi connectivity index (χ3v) is 10.5. The van der Waals surface area contributed by atoms with Gasteiger partial charge >= 0.3 is 24.2 Å². The molecule has 2 heterocycles. The van der Waals surface area contributed by atoms with Crippen molar-refractivity contribution in [1.82, 2.24) is 9.96 Å². The summed E-state index contributed by atoms with van der Waals surface area (Å²) in [6.45, 7) is 19.5. The Hall–Kier alpha value is -3.63. The van der Waals surface area contributed by atoms with Gasteiger partial charge in [-0.15, -0.1) is 0 Å². The van der Waals surface area contributed by atoms with Crippen molar-refractivity contribution >= 4 is 46.0 Å². The van der Waals surface area contributed by atoms with E-state index in [1.54, 1.807) is 20.8 Å². The predicted octanol–water partition coefficient (Wildman–Crippen LogP) is 4.67. The number of likely N-dealkylation sites (tertiary alicyclic amines) is 1. The summed E-state index contributed by atoms with van der Waals surface area (Å²) < 4.78 is 14.9. The van der Waals surface area contributed by atoms with Gasteiger partial charge in [0.05, 0.1) is 43.4 Å². The first-order chi connectivity index (χ1) is 23.3. The summed E-state index contributed by atoms with van der Waals surface area (Å²) in [5.74, 6) is -1.82. The summed E-state index contributed by atoms with van der Waals surface area (Å²) >= 11 is 0. The number of ether oxygens (including phenoxy) is 3. The highest BCUT2D eigenvalue weighted by Crippen LogP contribution is 2.22. The average Bonchev–Trinajstić information content (AvgIpc) is 3.54. The number of β-amino-alcohol motifs (C(OH)–C–C–N with tert-alkyl or cyclic N) is 2. The number of aliphatic hydroxyl groups is 2. The van der Waals surface area contributed by atoms with E-state index in [-0.39, 0.29) is 30.8 Å². The molecule has 1 aromatic carbocycles. The number of nitro benzene ring substituents is 1. The number of carboxylic acid groups (broad SMARTS) is 2. The Morgan fingerprint density at radius 2 is 1.33 bits per heavy atom. The molecule has 0 spiro atoms. The van der Waals surface area contributed by atoms with E-state index >= 15 is 0 Å². The number of carbonyl (C=O) groups is 4. The zero-order valence-electron chi connectivity index (χ0n) is 31.0. The van der Waals surface area contributed by atoms with Crippen molar-refractivity contribution in [1.29, 1.82) is 0 Å². The molecule has 4 N–H and O–H groups in total. The second-order valence-electron chi connectivity index (χ2n) is 15.6. The lowest BCUT2D eigenvalue weighted by Gasteiger charge is -2.26. The van der Waals surface area contributed by atoms with E-state index in [1.807, 2.05) is 0 Å². The van der Waals surface area contributed by atoms with Gasteiger partial charge in [-0.3, -0.25) is 24.6 Å². The normalized spacial score (nSPS) is 20.6. The van der Waals surface area contributed by atoms with Crippen molar-refractivity contribution in [2.24, 2.45) is 0 Å². The van der Waals surface area contributed by atoms with Gasteiger partial charge in [0.2, 0.25) is 0 Å². The number of benzene rings is 1. The highest BCUT2D eigenvalue weighted by atomic mass is 28.3. The van der Waals surface area contributed by atoms with E-state index in [1.165, 1.54) is 29.3 Å². The number of carbonyl (C=O) groups excluding carboxylic acids is 2. The van der Waals surface area contributed by atoms with Crippen LogP contribution in [-0.2, 0) is 23.9 Å². The number of amides is 1. The number of hydrogen-bond acceptors (Lipinski definition) is 13. The van der Waals surface area contributed by atoms with Crippen LogP contribution in [0.5, 0.6) is 5.75 Å². The Kier molecular flexibility index (Phi) is 17.7. The minimum Gasteiger partial charge on any atom is -0.480 e. The SMILES string of the molecule is CC(C)(C)OC(=O)N1C[C@@H](O)CC1C(=O)O.C[Si](C)(C)CCOC(=O)Oc1ccc([N+](=O)[O-])cc1.C[Si](C)(C)CCON1C[C@@H](O)CC1C(=O)O. The van der Waals surface area contributed by atoms with Gasteiger partial charge in [-0.2, -0.15) is 5.06 Å². The summed E-state index contributed by atoms with van der Waals surface area (Å²) in [6.07, 6.45) is -2.57. The molecule has 290 valence electrons. The number of nitrogens with zero attached hydrogens (tertiary/aromatic N) is 3. The lowest BCUT2D eigenvalue weighted by Crippen LogP contribution is -2.43. The summed E-state index contributed by atoms with van der Waals surface area (Å²) in [6, 6.07) is 5.42. The zero-order chi connectivity index (χ0) is 39.3. The number of hydroxylamine groups is 2. The van der Waals surface area contributed by atoms with Crippen molar-refractivity contribution in [2.75, 3.05) is 26.3 Å². The van der Waals surface area contributed by atoms with E-state index in [0.717, 1.165) is 17.0 Å². The first-order valence-corrected chi connectivity index (χ1v) is 24.0. The molecule has 2 unspecified atom stereocenters. The molecule has 0 bridgehead atoms. The molecule has 1 aromatic rings. The fourth-order valence-corrected chi connectivity index (χ4v) is 5.81. The molecule has 0 saturated carbocycles. The van der Waals surface area contributed by atoms with Crippen LogP contribution in [0.1, 0.15) is 33.6 Å². The van der Waals surface area contributed by atoms with Crippen molar-refractivity contribution < 1.29 is 63.6 Å². The monoisotopic (exact) mass is 761 g/mol. The number of rotatable bonds is 11. The Labute approximate surface area is 300 Å². The number of carboxylic acids is 2. The fourth-order valence-electron chi connectivity index (χ4n) is 4.39. The second kappa shape index (κ2) is 19.8. The van der Waals surface area contributed by atoms with Crippen molar-refractivity contribution in [3.8, 4) is 5.75 Å². The number of nitro groups is 1. The van der Waals surface area contributed by atoms with Crippen LogP contribution in [0.25, 0.3) is 0 Å². The van der Waals surface area contributed by atoms with Gasteiger partial charge in [0, 0.05) is 41.1 Å². The van der Waals surface area contributed by atoms with Gasteiger partial charge in [-0.25, -0.2) is 14.4 Å². The molecule has 2 aliphatic rings. The minimum absolute atomic E-state index is 0.00583. The van der Waals surface area contributed by atoms with E-state index in [4.69, 9.17) is 29.3 Å². The standard InChI is InChI=1S/C12H17NO5Si.C10H17NO5.C10H21NO4Si/c1-19(2,3)9-8-17-12(14)18-11-6-4-10(5-7-11)13(15)16;1-10(2,3)16-9(15)11-5-6(12)4-7(11)8(13)14;1-16(2,3)5-4-15-11-7-8(12)6-9(11)10(13)14/h4-7H,8-9H2,1-3H3;6-7,12H,4-5H2,1-3H3,(H,13,14);8-9,12H,4-7H2,1-3H3,(H,13,14)/t;6-,7?;8-,9?/m.00/s1. The van der Waals surface area contributed by atoms with E-state index in [0.29, 0.717) is 19.8 Å². The van der Waals surface area contributed by atoms with Crippen LogP contribution in [0, 0.1) is 10.1 Å². The van der Waals surface area contributed by atoms with Crippen molar-refractivity contribution in [3.63, 3.8) is 0 Å². The molecule has 2 aliphatic heterocycles. The second-order valence-corrected chi connectivity index (χ2v) is 26.9. The molecule has 1 amide bonds. The Bertz CT molecular complexity index is 1310. The maximum absolute atomic E-state index is 11.7. The predicted molar refractivity (Wildman–Crippen MR) is 191 cm³/mol. The maximum Gasteiger partial charge on any atom is 0.513 e. The van der Waals surface area contributed by atoms with Crippen LogP contribution >= 0.6 is 0 Å². The van der Waals surface area contributed by atoms with Gasteiger partial charge in [0.25, 0.3) is 5.69 Å². The molecule has 0 aromatic heterocycles. The molecule has 4 atom stereocenters. The molecule has 51 heavy (non-hydrogen) atoms. The summed E-state index contributed by atoms with van der Waals surface area (Å²) in [7, 11) is -2.40. The number of aliphatic hydroxyl groups excluding tert-OH is 2. The topological polar surface area (TPSA) is 236 Å². The number of aliphatic carboxylic acids is 2. The van der Waals surface area contributed by atoms with E-state index in [9.17, 15) is 39.5 Å². The molecule has 2 fully saturated rings. The van der Waals surface area contributed by atoms with Crippen LogP contribution in [0.2, 0.25) is 51.4 Å². The molecule has 3 rings (SSSR count). The van der Waals surface area contributed by atoms with Gasteiger partial charge in [0.15, 0.2) is 0 Å². The molecule has 19 heteroatoms. The molecule has 0 radical (unpaired) electrons. The van der Waals surface area contributed by atoms with E-state index in [2.05, 4.69) is 39.3 Å². The smallest absolute Gasteiger partial charge is 0.480 e. The van der Waals surface area contributed by atoms with Crippen LogP contribution in [-0.4, -0.2) is 132 Å². The Balaban J connectivity index is 0.000000385. The van der Waals surface area contributed by atoms with Gasteiger partial charge in [0.1, 0.15) is 23.4 Å². The van der Waals surface area contributed by atoms with Gasteiger partial charge in [-0.05, 0) is 45.0 Å². The molecular formula is C32H55N3O14Si2. The molecule has 0 aliphatic carbocycles. The quantitative estimate of drug-likeness (QED) is 0.0789. The molecule has 17 nitrogen and oxygen atoms in total. The minimum atomic E-state index is -1.24. The number of hydrogen-bond donors (Lipinski definition) is 4. The van der Waals surface area contributed by atoms with Crippen LogP contribution in [0.4, 0.5) is 15.3 Å². The highest BCUT2D eigenvalue weighted by molar-refractivity contribution is 6.76. The zero-order valence-corrected chi connectivity index (χ0v) is 33.0. The third kappa shape index (κ3) is 19.0. The third-order valence-electron chi connectivity index (χ3n) is 7.14.